The minimum Gasteiger partial charge on any atom is -0.397 e. The van der Waals surface area contributed by atoms with Crippen molar-refractivity contribution in [2.45, 2.75) is 13.3 Å². The molecule has 1 heterocycles. The first-order chi connectivity index (χ1) is 9.28. The lowest BCUT2D eigenvalue weighted by Crippen LogP contribution is -1.94. The van der Waals surface area contributed by atoms with E-state index in [2.05, 4.69) is 34.7 Å². The number of benzene rings is 2. The molecule has 2 aromatic carbocycles. The lowest BCUT2D eigenvalue weighted by atomic mass is 10.1. The molecule has 0 aliphatic rings. The van der Waals surface area contributed by atoms with Crippen molar-refractivity contribution < 1.29 is 4.63 Å². The van der Waals surface area contributed by atoms with Crippen LogP contribution in [-0.2, 0) is 6.42 Å². The highest BCUT2D eigenvalue weighted by atomic mass is 16.6. The number of nitrogens with one attached hydrogen (secondary N) is 1. The monoisotopic (exact) mass is 254 g/mol. The van der Waals surface area contributed by atoms with Crippen LogP contribution in [0, 0.1) is 0 Å². The summed E-state index contributed by atoms with van der Waals surface area (Å²) in [5.41, 5.74) is 10.7. The summed E-state index contributed by atoms with van der Waals surface area (Å²) in [6.07, 6.45) is 1.03. The van der Waals surface area contributed by atoms with E-state index >= 15 is 0 Å². The number of anilines is 3. The van der Waals surface area contributed by atoms with Crippen molar-refractivity contribution in [2.75, 3.05) is 11.1 Å². The number of fused-ring (bicyclic) bond motifs is 1. The second-order valence-electron chi connectivity index (χ2n) is 4.34. The number of hydrogen-bond donors (Lipinski definition) is 2. The van der Waals surface area contributed by atoms with Crippen molar-refractivity contribution in [1.29, 1.82) is 0 Å². The fourth-order valence-corrected chi connectivity index (χ4v) is 1.97. The summed E-state index contributed by atoms with van der Waals surface area (Å²) in [7, 11) is 0. The number of rotatable bonds is 3. The van der Waals surface area contributed by atoms with Gasteiger partial charge >= 0.3 is 0 Å². The molecule has 5 heteroatoms. The van der Waals surface area contributed by atoms with Gasteiger partial charge < -0.3 is 11.1 Å². The quantitative estimate of drug-likeness (QED) is 0.702. The van der Waals surface area contributed by atoms with Crippen LogP contribution in [0.1, 0.15) is 12.5 Å². The molecular formula is C14H14N4O. The van der Waals surface area contributed by atoms with E-state index in [9.17, 15) is 0 Å². The minimum atomic E-state index is 0.558. The molecule has 3 N–H and O–H groups in total. The van der Waals surface area contributed by atoms with Crippen LogP contribution in [0.5, 0.6) is 0 Å². The number of aromatic nitrogens is 2. The summed E-state index contributed by atoms with van der Waals surface area (Å²) in [4.78, 5) is 0. The molecule has 0 spiro atoms. The van der Waals surface area contributed by atoms with Gasteiger partial charge in [-0.15, -0.1) is 0 Å². The van der Waals surface area contributed by atoms with Gasteiger partial charge in [-0.1, -0.05) is 19.1 Å². The molecule has 3 rings (SSSR count). The van der Waals surface area contributed by atoms with E-state index in [-0.39, 0.29) is 0 Å². The van der Waals surface area contributed by atoms with Crippen molar-refractivity contribution in [3.63, 3.8) is 0 Å². The molecule has 3 aromatic rings. The van der Waals surface area contributed by atoms with Gasteiger partial charge in [-0.3, -0.25) is 0 Å². The van der Waals surface area contributed by atoms with Gasteiger partial charge in [-0.25, -0.2) is 4.63 Å². The van der Waals surface area contributed by atoms with Gasteiger partial charge in [0.15, 0.2) is 11.0 Å². The molecule has 1 aromatic heterocycles. The van der Waals surface area contributed by atoms with E-state index in [1.807, 2.05) is 18.2 Å². The van der Waals surface area contributed by atoms with Crippen LogP contribution in [0.25, 0.3) is 11.0 Å². The molecule has 19 heavy (non-hydrogen) atoms. The van der Waals surface area contributed by atoms with E-state index in [0.29, 0.717) is 16.7 Å². The number of hydrogen-bond acceptors (Lipinski definition) is 5. The second kappa shape index (κ2) is 4.61. The molecule has 0 saturated heterocycles. The van der Waals surface area contributed by atoms with Crippen LogP contribution in [0.4, 0.5) is 17.1 Å². The normalized spacial score (nSPS) is 10.8. The standard InChI is InChI=1S/C14H14N4O/c1-2-9-3-5-10(6-4-9)16-12-8-7-11(15)13-14(12)18-19-17-13/h3-8,16H,2,15H2,1H3. The Morgan fingerprint density at radius 1 is 1.05 bits per heavy atom. The van der Waals surface area contributed by atoms with E-state index in [1.54, 1.807) is 6.07 Å². The molecule has 0 amide bonds. The van der Waals surface area contributed by atoms with Crippen molar-refractivity contribution >= 4 is 28.1 Å². The Labute approximate surface area is 110 Å². The predicted molar refractivity (Wildman–Crippen MR) is 75.3 cm³/mol. The highest BCUT2D eigenvalue weighted by Gasteiger charge is 2.09. The van der Waals surface area contributed by atoms with Crippen LogP contribution < -0.4 is 11.1 Å². The van der Waals surface area contributed by atoms with E-state index in [4.69, 9.17) is 10.4 Å². The average molecular weight is 254 g/mol. The summed E-state index contributed by atoms with van der Waals surface area (Å²) in [5.74, 6) is 0. The third-order valence-electron chi connectivity index (χ3n) is 3.09. The van der Waals surface area contributed by atoms with E-state index in [1.165, 1.54) is 5.56 Å². The predicted octanol–water partition coefficient (Wildman–Crippen LogP) is 3.11. The first kappa shape index (κ1) is 11.5. The number of nitrogens with two attached hydrogens (primary N) is 1. The average Bonchev–Trinajstić information content (AvgIpc) is 2.93. The SMILES string of the molecule is CCc1ccc(Nc2ccc(N)c3nonc23)cc1. The van der Waals surface area contributed by atoms with Crippen LogP contribution in [0.2, 0.25) is 0 Å². The van der Waals surface area contributed by atoms with Gasteiger partial charge in [0.1, 0.15) is 0 Å². The number of aryl methyl sites for hydroxylation is 1. The van der Waals surface area contributed by atoms with Crippen molar-refractivity contribution in [2.24, 2.45) is 0 Å². The molecule has 0 aliphatic carbocycles. The van der Waals surface area contributed by atoms with Gasteiger partial charge in [0.05, 0.1) is 11.4 Å². The van der Waals surface area contributed by atoms with Gasteiger partial charge in [0.2, 0.25) is 0 Å². The zero-order valence-electron chi connectivity index (χ0n) is 10.6. The topological polar surface area (TPSA) is 77.0 Å². The van der Waals surface area contributed by atoms with Crippen LogP contribution >= 0.6 is 0 Å². The van der Waals surface area contributed by atoms with Crippen molar-refractivity contribution in [3.05, 3.63) is 42.0 Å². The lowest BCUT2D eigenvalue weighted by Gasteiger charge is -2.07. The molecule has 0 atom stereocenters. The Hall–Kier alpha value is -2.56. The first-order valence-corrected chi connectivity index (χ1v) is 6.14. The molecular weight excluding hydrogens is 240 g/mol. The second-order valence-corrected chi connectivity index (χ2v) is 4.34. The van der Waals surface area contributed by atoms with Gasteiger partial charge in [-0.05, 0) is 46.6 Å². The Kier molecular flexibility index (Phi) is 2.79. The van der Waals surface area contributed by atoms with Crippen molar-refractivity contribution in [3.8, 4) is 0 Å². The Bertz CT molecular complexity index is 703. The molecule has 0 unspecified atom stereocenters. The van der Waals surface area contributed by atoms with Crippen molar-refractivity contribution in [1.82, 2.24) is 10.3 Å². The van der Waals surface area contributed by atoms with Crippen LogP contribution in [0.3, 0.4) is 0 Å². The number of nitrogens with zero attached hydrogens (tertiary/aromatic N) is 2. The summed E-state index contributed by atoms with van der Waals surface area (Å²) in [5, 5.41) is 11.0. The van der Waals surface area contributed by atoms with E-state index < -0.39 is 0 Å². The molecule has 0 bridgehead atoms. The molecule has 0 radical (unpaired) electrons. The number of nitrogen functional groups attached to an aromatic ring is 1. The minimum absolute atomic E-state index is 0.558. The summed E-state index contributed by atoms with van der Waals surface area (Å²) in [6.45, 7) is 2.13. The highest BCUT2D eigenvalue weighted by Crippen LogP contribution is 2.27. The van der Waals surface area contributed by atoms with Gasteiger partial charge in [0.25, 0.3) is 0 Å². The van der Waals surface area contributed by atoms with Gasteiger partial charge in [-0.2, -0.15) is 0 Å². The molecule has 0 aliphatic heterocycles. The Morgan fingerprint density at radius 2 is 1.79 bits per heavy atom. The summed E-state index contributed by atoms with van der Waals surface area (Å²) < 4.78 is 4.74. The smallest absolute Gasteiger partial charge is 0.160 e. The molecule has 96 valence electrons. The molecule has 0 fully saturated rings. The largest absolute Gasteiger partial charge is 0.397 e. The third kappa shape index (κ3) is 2.10. The zero-order chi connectivity index (χ0) is 13.2. The third-order valence-corrected chi connectivity index (χ3v) is 3.09. The lowest BCUT2D eigenvalue weighted by molar-refractivity contribution is 0.316. The highest BCUT2D eigenvalue weighted by molar-refractivity contribution is 5.96. The molecule has 0 saturated carbocycles. The first-order valence-electron chi connectivity index (χ1n) is 6.14. The fraction of sp³-hybridized carbons (Fsp3) is 0.143. The van der Waals surface area contributed by atoms with Crippen LogP contribution in [-0.4, -0.2) is 10.3 Å². The Balaban J connectivity index is 1.96. The fourth-order valence-electron chi connectivity index (χ4n) is 1.97. The molecule has 5 nitrogen and oxygen atoms in total. The maximum Gasteiger partial charge on any atom is 0.160 e. The van der Waals surface area contributed by atoms with Gasteiger partial charge in [0, 0.05) is 5.69 Å². The summed E-state index contributed by atoms with van der Waals surface area (Å²) >= 11 is 0. The van der Waals surface area contributed by atoms with Crippen LogP contribution in [0.15, 0.2) is 41.0 Å². The van der Waals surface area contributed by atoms with E-state index in [0.717, 1.165) is 17.8 Å². The Morgan fingerprint density at radius 3 is 2.53 bits per heavy atom. The summed E-state index contributed by atoms with van der Waals surface area (Å²) in [6, 6.07) is 11.9. The maximum absolute atomic E-state index is 5.81. The zero-order valence-corrected chi connectivity index (χ0v) is 10.6. The maximum atomic E-state index is 5.81.